The van der Waals surface area contributed by atoms with Crippen molar-refractivity contribution in [3.63, 3.8) is 0 Å². The van der Waals surface area contributed by atoms with Crippen LogP contribution in [-0.2, 0) is 6.42 Å². The minimum Gasteiger partial charge on any atom is -0.507 e. The fraction of sp³-hybridized carbons (Fsp3) is 0.429. The molecule has 3 nitrogen and oxygen atoms in total. The average Bonchev–Trinajstić information content (AvgIpc) is 3.00. The Hall–Kier alpha value is -2.15. The number of fused-ring (bicyclic) bond motifs is 2. The molecular formula is C35H50O3S3. The summed E-state index contributed by atoms with van der Waals surface area (Å²) in [4.78, 5) is 0. The van der Waals surface area contributed by atoms with E-state index in [1.165, 1.54) is 16.4 Å². The Kier molecular flexibility index (Phi) is 15.9. The fourth-order valence-electron chi connectivity index (χ4n) is 4.33. The van der Waals surface area contributed by atoms with E-state index in [0.29, 0.717) is 12.4 Å². The standard InChI is InChI=1S/C26H28O3S3.C5H10.2C2H6/c1-15-16(2)25-19(17(3)24(15)27)11-12-26(4,29-25)14-28-22-10-9-18(13-23(30)32-31)20-7-5-6-8-21(20)22;1-4-5(2)3;2*1-2/h5-10,13,27,30-31H,11-12,14H2,1-4H3;4H,1-3H3;2*1-2H3/b23-13-;;;. The van der Waals surface area contributed by atoms with Crippen LogP contribution in [0.4, 0.5) is 0 Å². The third-order valence-electron chi connectivity index (χ3n) is 6.99. The molecule has 4 rings (SSSR count). The highest BCUT2D eigenvalue weighted by atomic mass is 33.1. The molecule has 0 bridgehead atoms. The van der Waals surface area contributed by atoms with Crippen molar-refractivity contribution in [2.45, 2.75) is 94.6 Å². The van der Waals surface area contributed by atoms with Crippen LogP contribution in [0.25, 0.3) is 16.8 Å². The minimum atomic E-state index is -0.450. The summed E-state index contributed by atoms with van der Waals surface area (Å²) >= 11 is 8.68. The highest BCUT2D eigenvalue weighted by Crippen LogP contribution is 2.43. The predicted octanol–water partition coefficient (Wildman–Crippen LogP) is 11.5. The molecule has 41 heavy (non-hydrogen) atoms. The van der Waals surface area contributed by atoms with Crippen molar-refractivity contribution >= 4 is 51.9 Å². The lowest BCUT2D eigenvalue weighted by atomic mass is 9.87. The SMILES string of the molecule is CC.CC.CC=C(C)C.Cc1c(C)c2c(c(C)c1O)CCC(C)(COc1ccc(/C=C(/S)SS)c3ccccc13)O2. The van der Waals surface area contributed by atoms with E-state index in [0.717, 1.165) is 67.2 Å². The van der Waals surface area contributed by atoms with Gasteiger partial charge in [-0.1, -0.05) is 80.5 Å². The molecule has 1 aliphatic rings. The Morgan fingerprint density at radius 3 is 2.15 bits per heavy atom. The number of hydrogen-bond donors (Lipinski definition) is 3. The molecule has 0 aliphatic carbocycles. The lowest BCUT2D eigenvalue weighted by Gasteiger charge is -2.37. The molecule has 0 saturated heterocycles. The summed E-state index contributed by atoms with van der Waals surface area (Å²) in [5.74, 6) is 2.11. The number of rotatable bonds is 5. The van der Waals surface area contributed by atoms with Crippen LogP contribution in [0.3, 0.4) is 0 Å². The van der Waals surface area contributed by atoms with Gasteiger partial charge in [0.15, 0.2) is 0 Å². The number of phenols is 1. The second-order valence-electron chi connectivity index (χ2n) is 10.0. The van der Waals surface area contributed by atoms with Gasteiger partial charge >= 0.3 is 0 Å². The van der Waals surface area contributed by atoms with Crippen molar-refractivity contribution in [2.24, 2.45) is 0 Å². The van der Waals surface area contributed by atoms with Gasteiger partial charge in [-0.25, -0.2) is 0 Å². The van der Waals surface area contributed by atoms with Crippen LogP contribution in [0.2, 0.25) is 0 Å². The van der Waals surface area contributed by atoms with Crippen molar-refractivity contribution in [3.05, 3.63) is 80.1 Å². The zero-order chi connectivity index (χ0) is 31.3. The first-order valence-electron chi connectivity index (χ1n) is 14.5. The molecule has 1 aliphatic heterocycles. The fourth-order valence-corrected chi connectivity index (χ4v) is 4.81. The van der Waals surface area contributed by atoms with Crippen LogP contribution < -0.4 is 9.47 Å². The molecule has 3 aromatic rings. The Labute approximate surface area is 264 Å². The molecule has 0 spiro atoms. The van der Waals surface area contributed by atoms with Crippen molar-refractivity contribution < 1.29 is 14.6 Å². The van der Waals surface area contributed by atoms with Gasteiger partial charge in [-0.3, -0.25) is 0 Å². The number of phenolic OH excluding ortho intramolecular Hbond substituents is 1. The summed E-state index contributed by atoms with van der Waals surface area (Å²) < 4.78 is 13.7. The molecule has 1 N–H and O–H groups in total. The van der Waals surface area contributed by atoms with Crippen molar-refractivity contribution in [1.29, 1.82) is 0 Å². The Morgan fingerprint density at radius 2 is 1.59 bits per heavy atom. The second-order valence-corrected chi connectivity index (χ2v) is 12.0. The summed E-state index contributed by atoms with van der Waals surface area (Å²) in [6.45, 7) is 22.7. The van der Waals surface area contributed by atoms with Gasteiger partial charge in [0.25, 0.3) is 0 Å². The van der Waals surface area contributed by atoms with Crippen LogP contribution in [0.5, 0.6) is 17.2 Å². The first kappa shape index (κ1) is 36.9. The Morgan fingerprint density at radius 1 is 1.00 bits per heavy atom. The average molecular weight is 615 g/mol. The topological polar surface area (TPSA) is 38.7 Å². The molecule has 1 atom stereocenters. The molecule has 0 saturated carbocycles. The first-order valence-corrected chi connectivity index (χ1v) is 16.8. The second kappa shape index (κ2) is 17.7. The van der Waals surface area contributed by atoms with Gasteiger partial charge < -0.3 is 14.6 Å². The maximum absolute atomic E-state index is 10.4. The molecule has 0 aromatic heterocycles. The van der Waals surface area contributed by atoms with E-state index in [1.807, 2.05) is 79.7 Å². The molecular weight excluding hydrogens is 565 g/mol. The molecule has 3 aromatic carbocycles. The highest BCUT2D eigenvalue weighted by molar-refractivity contribution is 8.72. The summed E-state index contributed by atoms with van der Waals surface area (Å²) in [7, 11) is 1.32. The molecule has 0 radical (unpaired) electrons. The van der Waals surface area contributed by atoms with Crippen LogP contribution in [0.1, 0.15) is 89.6 Å². The van der Waals surface area contributed by atoms with E-state index in [1.54, 1.807) is 0 Å². The number of ether oxygens (including phenoxy) is 2. The quantitative estimate of drug-likeness (QED) is 0.152. The third kappa shape index (κ3) is 9.69. The van der Waals surface area contributed by atoms with Crippen LogP contribution in [-0.4, -0.2) is 17.3 Å². The van der Waals surface area contributed by atoms with Gasteiger partial charge in [-0.15, -0.1) is 24.3 Å². The van der Waals surface area contributed by atoms with E-state index >= 15 is 0 Å². The van der Waals surface area contributed by atoms with Crippen molar-refractivity contribution in [3.8, 4) is 17.2 Å². The molecule has 6 heteroatoms. The number of allylic oxidation sites excluding steroid dienone is 2. The van der Waals surface area contributed by atoms with Crippen molar-refractivity contribution in [1.82, 2.24) is 0 Å². The largest absolute Gasteiger partial charge is 0.507 e. The van der Waals surface area contributed by atoms with Gasteiger partial charge in [0, 0.05) is 15.2 Å². The van der Waals surface area contributed by atoms with Gasteiger partial charge in [-0.05, 0) is 101 Å². The van der Waals surface area contributed by atoms with E-state index in [9.17, 15) is 5.11 Å². The number of benzene rings is 3. The maximum atomic E-state index is 10.4. The third-order valence-corrected chi connectivity index (χ3v) is 8.72. The van der Waals surface area contributed by atoms with Gasteiger partial charge in [-0.2, -0.15) is 0 Å². The monoisotopic (exact) mass is 614 g/mol. The van der Waals surface area contributed by atoms with E-state index in [-0.39, 0.29) is 0 Å². The molecule has 1 unspecified atom stereocenters. The summed E-state index contributed by atoms with van der Waals surface area (Å²) in [6, 6.07) is 12.3. The van der Waals surface area contributed by atoms with Crippen LogP contribution >= 0.6 is 35.1 Å². The molecule has 1 heterocycles. The normalized spacial score (nSPS) is 15.5. The summed E-state index contributed by atoms with van der Waals surface area (Å²) in [5, 5.41) is 12.6. The summed E-state index contributed by atoms with van der Waals surface area (Å²) in [5.41, 5.74) is 5.91. The van der Waals surface area contributed by atoms with Gasteiger partial charge in [0.2, 0.25) is 0 Å². The van der Waals surface area contributed by atoms with Gasteiger partial charge in [0.05, 0.1) is 0 Å². The van der Waals surface area contributed by atoms with E-state index < -0.39 is 5.60 Å². The first-order chi connectivity index (χ1) is 19.5. The zero-order valence-electron chi connectivity index (χ0n) is 26.8. The van der Waals surface area contributed by atoms with E-state index in [4.69, 9.17) is 9.47 Å². The highest BCUT2D eigenvalue weighted by Gasteiger charge is 2.35. The lowest BCUT2D eigenvalue weighted by Crippen LogP contribution is -2.42. The van der Waals surface area contributed by atoms with Crippen LogP contribution in [0.15, 0.2) is 52.3 Å². The van der Waals surface area contributed by atoms with Crippen LogP contribution in [0, 0.1) is 20.8 Å². The number of thiol groups is 2. The Balaban J connectivity index is 0.000000831. The van der Waals surface area contributed by atoms with Crippen molar-refractivity contribution in [2.75, 3.05) is 6.61 Å². The minimum absolute atomic E-state index is 0.381. The lowest BCUT2D eigenvalue weighted by molar-refractivity contribution is 0.0171. The molecule has 0 amide bonds. The molecule has 0 fully saturated rings. The maximum Gasteiger partial charge on any atom is 0.140 e. The molecule has 226 valence electrons. The number of aromatic hydroxyl groups is 1. The number of hydrogen-bond acceptors (Lipinski definition) is 6. The predicted molar refractivity (Wildman–Crippen MR) is 190 cm³/mol. The smallest absolute Gasteiger partial charge is 0.140 e. The van der Waals surface area contributed by atoms with E-state index in [2.05, 4.69) is 69.3 Å². The van der Waals surface area contributed by atoms with Gasteiger partial charge in [0.1, 0.15) is 29.5 Å². The summed E-state index contributed by atoms with van der Waals surface area (Å²) in [6.07, 6.45) is 5.77. The Bertz CT molecular complexity index is 1340. The zero-order valence-corrected chi connectivity index (χ0v) is 29.4.